The van der Waals surface area contributed by atoms with Crippen LogP contribution in [0.2, 0.25) is 0 Å². The molecule has 0 N–H and O–H groups in total. The lowest BCUT2D eigenvalue weighted by atomic mass is 10.1. The molecule has 0 unspecified atom stereocenters. The third kappa shape index (κ3) is 3.80. The molecule has 6 nitrogen and oxygen atoms in total. The number of rotatable bonds is 6. The molecule has 0 saturated carbocycles. The van der Waals surface area contributed by atoms with Crippen molar-refractivity contribution < 1.29 is 9.26 Å². The van der Waals surface area contributed by atoms with Crippen LogP contribution < -0.4 is 0 Å². The summed E-state index contributed by atoms with van der Waals surface area (Å²) in [6, 6.07) is 2.85. The Morgan fingerprint density at radius 3 is 2.52 bits per heavy atom. The van der Waals surface area contributed by atoms with E-state index in [2.05, 4.69) is 50.6 Å². The van der Waals surface area contributed by atoms with Gasteiger partial charge in [-0.05, 0) is 36.2 Å². The second-order valence-electron chi connectivity index (χ2n) is 5.96. The van der Waals surface area contributed by atoms with Gasteiger partial charge < -0.3 is 9.26 Å². The van der Waals surface area contributed by atoms with Crippen molar-refractivity contribution in [3.05, 3.63) is 34.1 Å². The number of hydrogen-bond acceptors (Lipinski definition) is 7. The first kappa shape index (κ1) is 16.6. The summed E-state index contributed by atoms with van der Waals surface area (Å²) in [6.45, 7) is 8.94. The molecule has 0 aromatic carbocycles. The summed E-state index contributed by atoms with van der Waals surface area (Å²) in [7, 11) is 1.63. The van der Waals surface area contributed by atoms with Crippen molar-refractivity contribution in [2.24, 2.45) is 0 Å². The van der Waals surface area contributed by atoms with Gasteiger partial charge in [-0.1, -0.05) is 5.16 Å². The number of aromatic nitrogens is 2. The van der Waals surface area contributed by atoms with E-state index in [0.717, 1.165) is 26.2 Å². The van der Waals surface area contributed by atoms with Crippen molar-refractivity contribution in [2.75, 3.05) is 33.3 Å². The van der Waals surface area contributed by atoms with Crippen molar-refractivity contribution >= 4 is 11.3 Å². The molecular weight excluding hydrogens is 312 g/mol. The van der Waals surface area contributed by atoms with Crippen LogP contribution in [0.25, 0.3) is 0 Å². The molecule has 0 spiro atoms. The largest absolute Gasteiger partial charge is 0.377 e. The van der Waals surface area contributed by atoms with E-state index in [1.807, 2.05) is 0 Å². The Hall–Kier alpha value is -1.28. The maximum Gasteiger partial charge on any atom is 0.243 e. The van der Waals surface area contributed by atoms with Crippen LogP contribution in [0, 0.1) is 0 Å². The van der Waals surface area contributed by atoms with Crippen LogP contribution in [0.1, 0.15) is 43.2 Å². The zero-order chi connectivity index (χ0) is 16.2. The molecule has 7 heteroatoms. The minimum atomic E-state index is 0.145. The molecular formula is C16H24N4O2S. The molecule has 3 heterocycles. The topological polar surface area (TPSA) is 54.6 Å². The Labute approximate surface area is 141 Å². The second-order valence-corrected chi connectivity index (χ2v) is 6.74. The number of hydrogen-bond donors (Lipinski definition) is 0. The van der Waals surface area contributed by atoms with E-state index in [9.17, 15) is 0 Å². The fourth-order valence-electron chi connectivity index (χ4n) is 3.02. The van der Waals surface area contributed by atoms with Crippen LogP contribution in [0.5, 0.6) is 0 Å². The molecule has 0 bridgehead atoms. The molecule has 2 aromatic heterocycles. The highest BCUT2D eigenvalue weighted by Gasteiger charge is 2.28. The average Bonchev–Trinajstić information content (AvgIpc) is 3.26. The zero-order valence-electron chi connectivity index (χ0n) is 13.9. The molecule has 1 saturated heterocycles. The van der Waals surface area contributed by atoms with E-state index in [4.69, 9.17) is 9.26 Å². The highest BCUT2D eigenvalue weighted by atomic mass is 32.1. The van der Waals surface area contributed by atoms with Crippen molar-refractivity contribution in [3.63, 3.8) is 0 Å². The monoisotopic (exact) mass is 336 g/mol. The Bertz CT molecular complexity index is 593. The zero-order valence-corrected chi connectivity index (χ0v) is 14.8. The molecule has 1 fully saturated rings. The molecule has 1 aliphatic heterocycles. The first-order valence-electron chi connectivity index (χ1n) is 8.00. The summed E-state index contributed by atoms with van der Waals surface area (Å²) in [6.07, 6.45) is 0. The smallest absolute Gasteiger partial charge is 0.243 e. The third-order valence-corrected chi connectivity index (χ3v) is 5.29. The first-order valence-corrected chi connectivity index (χ1v) is 8.95. The fraction of sp³-hybridized carbons (Fsp3) is 0.625. The van der Waals surface area contributed by atoms with Gasteiger partial charge in [-0.3, -0.25) is 9.80 Å². The Morgan fingerprint density at radius 2 is 1.91 bits per heavy atom. The molecule has 0 radical (unpaired) electrons. The minimum absolute atomic E-state index is 0.145. The predicted octanol–water partition coefficient (Wildman–Crippen LogP) is 2.72. The van der Waals surface area contributed by atoms with Gasteiger partial charge in [0.05, 0.1) is 6.04 Å². The number of methoxy groups -OCH3 is 1. The molecule has 126 valence electrons. The lowest BCUT2D eigenvalue weighted by Crippen LogP contribution is -2.47. The summed E-state index contributed by atoms with van der Waals surface area (Å²) < 4.78 is 10.4. The number of nitrogens with zero attached hydrogens (tertiary/aromatic N) is 4. The summed E-state index contributed by atoms with van der Waals surface area (Å²) in [4.78, 5) is 9.35. The van der Waals surface area contributed by atoms with Gasteiger partial charge in [0.15, 0.2) is 5.82 Å². The van der Waals surface area contributed by atoms with E-state index in [0.29, 0.717) is 24.4 Å². The molecule has 3 rings (SSSR count). The van der Waals surface area contributed by atoms with Gasteiger partial charge in [-0.2, -0.15) is 16.3 Å². The van der Waals surface area contributed by atoms with Crippen LogP contribution in [0.3, 0.4) is 0 Å². The van der Waals surface area contributed by atoms with E-state index in [-0.39, 0.29) is 6.04 Å². The van der Waals surface area contributed by atoms with Gasteiger partial charge in [-0.15, -0.1) is 0 Å². The van der Waals surface area contributed by atoms with Crippen LogP contribution in [0.4, 0.5) is 0 Å². The minimum Gasteiger partial charge on any atom is -0.377 e. The van der Waals surface area contributed by atoms with Crippen molar-refractivity contribution in [1.82, 2.24) is 19.9 Å². The maximum absolute atomic E-state index is 5.37. The molecule has 23 heavy (non-hydrogen) atoms. The van der Waals surface area contributed by atoms with E-state index in [1.165, 1.54) is 5.56 Å². The van der Waals surface area contributed by atoms with Crippen molar-refractivity contribution in [3.8, 4) is 0 Å². The Balaban J connectivity index is 1.55. The van der Waals surface area contributed by atoms with Gasteiger partial charge >= 0.3 is 0 Å². The average molecular weight is 336 g/mol. The highest BCUT2D eigenvalue weighted by Crippen LogP contribution is 2.26. The standard InChI is InChI=1S/C16H24N4O2S/c1-12(14-4-9-23-11-14)19-5-7-20(8-6-19)13(2)16-17-15(10-21-3)18-22-16/h4,9,11-13H,5-8,10H2,1-3H3/t12-,13-/m0/s1. The van der Waals surface area contributed by atoms with E-state index in [1.54, 1.807) is 18.4 Å². The predicted molar refractivity (Wildman–Crippen MR) is 89.3 cm³/mol. The van der Waals surface area contributed by atoms with Crippen LogP contribution in [0.15, 0.2) is 21.3 Å². The van der Waals surface area contributed by atoms with Crippen LogP contribution in [-0.2, 0) is 11.3 Å². The van der Waals surface area contributed by atoms with Crippen molar-refractivity contribution in [1.29, 1.82) is 0 Å². The Kier molecular flexibility index (Phi) is 5.42. The van der Waals surface area contributed by atoms with Crippen LogP contribution in [-0.4, -0.2) is 53.2 Å². The molecule has 0 aliphatic carbocycles. The quantitative estimate of drug-likeness (QED) is 0.808. The lowest BCUT2D eigenvalue weighted by Gasteiger charge is -2.39. The van der Waals surface area contributed by atoms with Gasteiger partial charge in [0.25, 0.3) is 0 Å². The maximum atomic E-state index is 5.37. The van der Waals surface area contributed by atoms with E-state index < -0.39 is 0 Å². The molecule has 2 atom stereocenters. The highest BCUT2D eigenvalue weighted by molar-refractivity contribution is 7.07. The van der Waals surface area contributed by atoms with Crippen LogP contribution >= 0.6 is 11.3 Å². The Morgan fingerprint density at radius 1 is 1.22 bits per heavy atom. The molecule has 1 aliphatic rings. The SMILES string of the molecule is COCc1noc([C@H](C)N2CCN([C@@H](C)c3ccsc3)CC2)n1. The fourth-order valence-corrected chi connectivity index (χ4v) is 3.76. The first-order chi connectivity index (χ1) is 11.2. The van der Waals surface area contributed by atoms with Gasteiger partial charge in [0.2, 0.25) is 5.89 Å². The summed E-state index contributed by atoms with van der Waals surface area (Å²) in [5.74, 6) is 1.29. The van der Waals surface area contributed by atoms with E-state index >= 15 is 0 Å². The normalized spacial score (nSPS) is 19.8. The van der Waals surface area contributed by atoms with Gasteiger partial charge in [0.1, 0.15) is 6.61 Å². The summed E-state index contributed by atoms with van der Waals surface area (Å²) in [5.41, 5.74) is 1.41. The number of ether oxygens (including phenoxy) is 1. The lowest BCUT2D eigenvalue weighted by molar-refractivity contribution is 0.0678. The number of thiophene rings is 1. The van der Waals surface area contributed by atoms with Crippen molar-refractivity contribution in [2.45, 2.75) is 32.5 Å². The summed E-state index contributed by atoms with van der Waals surface area (Å²) >= 11 is 1.77. The van der Waals surface area contributed by atoms with Gasteiger partial charge in [0, 0.05) is 39.3 Å². The third-order valence-electron chi connectivity index (χ3n) is 4.58. The molecule has 2 aromatic rings. The second kappa shape index (κ2) is 7.53. The summed E-state index contributed by atoms with van der Waals surface area (Å²) in [5, 5.41) is 8.35. The molecule has 0 amide bonds. The van der Waals surface area contributed by atoms with Gasteiger partial charge in [-0.25, -0.2) is 0 Å². The number of piperazine rings is 1.